The van der Waals surface area contributed by atoms with Gasteiger partial charge in [-0.3, -0.25) is 9.80 Å². The van der Waals surface area contributed by atoms with E-state index in [1.54, 1.807) is 0 Å². The predicted molar refractivity (Wildman–Crippen MR) is 132 cm³/mol. The van der Waals surface area contributed by atoms with Gasteiger partial charge in [-0.15, -0.1) is 6.58 Å². The summed E-state index contributed by atoms with van der Waals surface area (Å²) in [5.74, 6) is 0. The first-order valence-electron chi connectivity index (χ1n) is 11.8. The van der Waals surface area contributed by atoms with Crippen molar-refractivity contribution >= 4 is 0 Å². The maximum Gasteiger partial charge on any atom is 0.0648 e. The molecule has 176 valence electrons. The van der Waals surface area contributed by atoms with Crippen LogP contribution in [0.25, 0.3) is 0 Å². The maximum atomic E-state index is 10.2. The van der Waals surface area contributed by atoms with Gasteiger partial charge < -0.3 is 14.4 Å². The summed E-state index contributed by atoms with van der Waals surface area (Å²) in [7, 11) is 0. The molecule has 0 amide bonds. The van der Waals surface area contributed by atoms with Crippen LogP contribution in [-0.2, 0) is 23.2 Å². The van der Waals surface area contributed by atoms with E-state index in [0.717, 1.165) is 52.5 Å². The Labute approximate surface area is 194 Å². The Kier molecular flexibility index (Phi) is 8.34. The van der Waals surface area contributed by atoms with Gasteiger partial charge in [0.2, 0.25) is 0 Å². The van der Waals surface area contributed by atoms with Crippen molar-refractivity contribution in [1.82, 2.24) is 14.4 Å². The van der Waals surface area contributed by atoms with E-state index in [0.29, 0.717) is 0 Å². The highest BCUT2D eigenvalue weighted by Crippen LogP contribution is 2.23. The minimum absolute atomic E-state index is 0.0502. The van der Waals surface area contributed by atoms with Gasteiger partial charge in [0.25, 0.3) is 0 Å². The number of hydrogen-bond donors (Lipinski definition) is 1. The molecule has 1 aliphatic heterocycles. The molecule has 1 unspecified atom stereocenters. The summed E-state index contributed by atoms with van der Waals surface area (Å²) in [6.45, 7) is 19.9. The second kappa shape index (κ2) is 10.8. The number of ether oxygens (including phenoxy) is 1. The van der Waals surface area contributed by atoms with E-state index in [4.69, 9.17) is 4.74 Å². The molecule has 0 radical (unpaired) electrons. The highest BCUT2D eigenvalue weighted by molar-refractivity contribution is 5.28. The number of morpholine rings is 1. The van der Waals surface area contributed by atoms with E-state index in [9.17, 15) is 5.11 Å². The van der Waals surface area contributed by atoms with E-state index in [1.807, 2.05) is 6.08 Å². The van der Waals surface area contributed by atoms with Gasteiger partial charge in [-0.2, -0.15) is 0 Å². The molecule has 2 heterocycles. The summed E-state index contributed by atoms with van der Waals surface area (Å²) in [6.07, 6.45) is 4.03. The van der Waals surface area contributed by atoms with Crippen LogP contribution in [0.4, 0.5) is 0 Å². The second-order valence-electron chi connectivity index (χ2n) is 10.2. The third kappa shape index (κ3) is 6.32. The van der Waals surface area contributed by atoms with Crippen LogP contribution in [0.2, 0.25) is 0 Å². The van der Waals surface area contributed by atoms with Crippen LogP contribution in [0, 0.1) is 0 Å². The Balaban J connectivity index is 1.72. The average molecular weight is 440 g/mol. The zero-order valence-electron chi connectivity index (χ0n) is 20.4. The van der Waals surface area contributed by atoms with Crippen molar-refractivity contribution < 1.29 is 9.84 Å². The highest BCUT2D eigenvalue weighted by atomic mass is 16.5. The second-order valence-corrected chi connectivity index (χ2v) is 10.2. The van der Waals surface area contributed by atoms with Crippen molar-refractivity contribution in [3.8, 4) is 0 Å². The molecule has 0 spiro atoms. The van der Waals surface area contributed by atoms with Crippen molar-refractivity contribution in [3.63, 3.8) is 0 Å². The maximum absolute atomic E-state index is 10.2. The largest absolute Gasteiger partial charge is 0.394 e. The molecular formula is C27H41N3O2. The van der Waals surface area contributed by atoms with Gasteiger partial charge in [-0.25, -0.2) is 0 Å². The fraction of sp³-hybridized carbons (Fsp3) is 0.556. The quantitative estimate of drug-likeness (QED) is 0.570. The lowest BCUT2D eigenvalue weighted by Crippen LogP contribution is -2.51. The minimum atomic E-state index is -0.463. The van der Waals surface area contributed by atoms with E-state index in [2.05, 4.69) is 91.2 Å². The van der Waals surface area contributed by atoms with Gasteiger partial charge in [0.15, 0.2) is 0 Å². The normalized spacial score (nSPS) is 17.4. The van der Waals surface area contributed by atoms with Gasteiger partial charge in [-0.1, -0.05) is 51.1 Å². The fourth-order valence-corrected chi connectivity index (χ4v) is 4.15. The van der Waals surface area contributed by atoms with Gasteiger partial charge in [0.05, 0.1) is 25.4 Å². The molecule has 1 saturated heterocycles. The Morgan fingerprint density at radius 3 is 2.38 bits per heavy atom. The molecule has 3 rings (SSSR count). The Bertz CT molecular complexity index is 847. The lowest BCUT2D eigenvalue weighted by Gasteiger charge is -2.39. The topological polar surface area (TPSA) is 40.9 Å². The monoisotopic (exact) mass is 439 g/mol. The summed E-state index contributed by atoms with van der Waals surface area (Å²) in [5, 5.41) is 10.2. The number of benzene rings is 1. The SMILES string of the molecule is C=CC(C)(CO)N(CCN1CCOCC1)Cc1cccn1Cc1ccc(C(C)(C)C)cc1. The van der Waals surface area contributed by atoms with Crippen molar-refractivity contribution in [1.29, 1.82) is 0 Å². The molecule has 32 heavy (non-hydrogen) atoms. The van der Waals surface area contributed by atoms with Crippen molar-refractivity contribution in [2.75, 3.05) is 46.0 Å². The first-order valence-corrected chi connectivity index (χ1v) is 11.8. The molecule has 5 heteroatoms. The molecule has 1 N–H and O–H groups in total. The molecule has 1 atom stereocenters. The van der Waals surface area contributed by atoms with E-state index in [1.165, 1.54) is 16.8 Å². The molecule has 1 aromatic carbocycles. The number of hydrogen-bond acceptors (Lipinski definition) is 4. The van der Waals surface area contributed by atoms with Crippen molar-refractivity contribution in [3.05, 3.63) is 72.1 Å². The number of aliphatic hydroxyl groups excluding tert-OH is 1. The fourth-order valence-electron chi connectivity index (χ4n) is 4.15. The molecule has 5 nitrogen and oxygen atoms in total. The van der Waals surface area contributed by atoms with Crippen LogP contribution in [0.3, 0.4) is 0 Å². The molecule has 0 saturated carbocycles. The van der Waals surface area contributed by atoms with Gasteiger partial charge >= 0.3 is 0 Å². The molecule has 0 aliphatic carbocycles. The van der Waals surface area contributed by atoms with E-state index < -0.39 is 5.54 Å². The zero-order chi connectivity index (χ0) is 23.2. The van der Waals surface area contributed by atoms with E-state index >= 15 is 0 Å². The molecule has 1 aliphatic rings. The average Bonchev–Trinajstić information content (AvgIpc) is 3.23. The Hall–Kier alpha value is -1.92. The Morgan fingerprint density at radius 2 is 1.78 bits per heavy atom. The summed E-state index contributed by atoms with van der Waals surface area (Å²) < 4.78 is 7.80. The van der Waals surface area contributed by atoms with Crippen LogP contribution in [0.5, 0.6) is 0 Å². The number of nitrogens with zero attached hydrogens (tertiary/aromatic N) is 3. The molecule has 2 aromatic rings. The molecule has 1 fully saturated rings. The lowest BCUT2D eigenvalue weighted by molar-refractivity contribution is 0.0186. The van der Waals surface area contributed by atoms with Crippen molar-refractivity contribution in [2.24, 2.45) is 0 Å². The molecule has 0 bridgehead atoms. The predicted octanol–water partition coefficient (Wildman–Crippen LogP) is 3.91. The van der Waals surface area contributed by atoms with Gasteiger partial charge in [-0.05, 0) is 35.6 Å². The third-order valence-corrected chi connectivity index (χ3v) is 6.72. The summed E-state index contributed by atoms with van der Waals surface area (Å²) >= 11 is 0. The highest BCUT2D eigenvalue weighted by Gasteiger charge is 2.29. The summed E-state index contributed by atoms with van der Waals surface area (Å²) in [4.78, 5) is 4.79. The van der Waals surface area contributed by atoms with Crippen LogP contribution in [0.1, 0.15) is 44.5 Å². The molecule has 1 aromatic heterocycles. The van der Waals surface area contributed by atoms with Gasteiger partial charge in [0.1, 0.15) is 0 Å². The van der Waals surface area contributed by atoms with Crippen LogP contribution >= 0.6 is 0 Å². The van der Waals surface area contributed by atoms with Crippen LogP contribution in [0.15, 0.2) is 55.3 Å². The minimum Gasteiger partial charge on any atom is -0.394 e. The van der Waals surface area contributed by atoms with Crippen LogP contribution < -0.4 is 0 Å². The first-order chi connectivity index (χ1) is 15.2. The van der Waals surface area contributed by atoms with Crippen molar-refractivity contribution in [2.45, 2.75) is 51.7 Å². The zero-order valence-corrected chi connectivity index (χ0v) is 20.4. The lowest BCUT2D eigenvalue weighted by atomic mass is 9.87. The standard InChI is InChI=1S/C27H41N3O2/c1-6-27(5,22-31)30(15-14-28-16-18-32-19-17-28)21-25-8-7-13-29(25)20-23-9-11-24(12-10-23)26(2,3)4/h6-13,31H,1,14-22H2,2-5H3. The van der Waals surface area contributed by atoms with Gasteiger partial charge in [0, 0.05) is 51.2 Å². The Morgan fingerprint density at radius 1 is 1.09 bits per heavy atom. The molecular weight excluding hydrogens is 398 g/mol. The van der Waals surface area contributed by atoms with Crippen LogP contribution in [-0.4, -0.2) is 71.0 Å². The number of rotatable bonds is 10. The third-order valence-electron chi connectivity index (χ3n) is 6.72. The smallest absolute Gasteiger partial charge is 0.0648 e. The number of aromatic nitrogens is 1. The van der Waals surface area contributed by atoms with E-state index in [-0.39, 0.29) is 12.0 Å². The number of aliphatic hydroxyl groups is 1. The summed E-state index contributed by atoms with van der Waals surface area (Å²) in [6, 6.07) is 13.3. The first kappa shape index (κ1) is 24.7. The summed E-state index contributed by atoms with van der Waals surface area (Å²) in [5.41, 5.74) is 3.60.